The van der Waals surface area contributed by atoms with Gasteiger partial charge in [-0.2, -0.15) is 0 Å². The molecule has 1 amide bonds. The van der Waals surface area contributed by atoms with E-state index in [4.69, 9.17) is 4.98 Å². The number of likely N-dealkylation sites (tertiary alicyclic amines) is 1. The van der Waals surface area contributed by atoms with Crippen molar-refractivity contribution in [3.8, 4) is 10.6 Å². The third kappa shape index (κ3) is 4.94. The summed E-state index contributed by atoms with van der Waals surface area (Å²) >= 11 is 1.56. The average Bonchev–Trinajstić information content (AvgIpc) is 3.22. The van der Waals surface area contributed by atoms with Gasteiger partial charge in [0.15, 0.2) is 0 Å². The van der Waals surface area contributed by atoms with Crippen LogP contribution in [0.2, 0.25) is 0 Å². The molecule has 6 nitrogen and oxygen atoms in total. The maximum Gasteiger partial charge on any atom is 0.225 e. The third-order valence-electron chi connectivity index (χ3n) is 4.68. The molecule has 0 bridgehead atoms. The Morgan fingerprint density at radius 2 is 2.04 bits per heavy atom. The number of aromatic nitrogens is 1. The smallest absolute Gasteiger partial charge is 0.225 e. The van der Waals surface area contributed by atoms with Crippen molar-refractivity contribution in [3.63, 3.8) is 0 Å². The highest BCUT2D eigenvalue weighted by Gasteiger charge is 2.39. The highest BCUT2D eigenvalue weighted by Crippen LogP contribution is 2.28. The highest BCUT2D eigenvalue weighted by atomic mass is 32.2. The number of carbonyl (C=O) groups excluding carboxylic acids is 1. The van der Waals surface area contributed by atoms with Gasteiger partial charge in [-0.25, -0.2) is 18.1 Å². The van der Waals surface area contributed by atoms with E-state index in [0.29, 0.717) is 19.4 Å². The van der Waals surface area contributed by atoms with E-state index >= 15 is 0 Å². The van der Waals surface area contributed by atoms with E-state index in [0.717, 1.165) is 22.5 Å². The van der Waals surface area contributed by atoms with Gasteiger partial charge in [0, 0.05) is 35.9 Å². The van der Waals surface area contributed by atoms with E-state index in [1.165, 1.54) is 0 Å². The molecule has 2 atom stereocenters. The summed E-state index contributed by atoms with van der Waals surface area (Å²) in [7, 11) is -3.35. The summed E-state index contributed by atoms with van der Waals surface area (Å²) in [6.07, 6.45) is 2.31. The first kappa shape index (κ1) is 20.0. The number of hydrogen-bond acceptors (Lipinski definition) is 5. The summed E-state index contributed by atoms with van der Waals surface area (Å²) in [4.78, 5) is 19.1. The Balaban J connectivity index is 1.83. The zero-order valence-corrected chi connectivity index (χ0v) is 17.4. The lowest BCUT2D eigenvalue weighted by atomic mass is 10.0. The first-order valence-corrected chi connectivity index (χ1v) is 11.8. The minimum absolute atomic E-state index is 0.0521. The van der Waals surface area contributed by atoms with Crippen LogP contribution >= 0.6 is 11.3 Å². The molecule has 2 aromatic rings. The molecule has 2 heterocycles. The minimum Gasteiger partial charge on any atom is -0.337 e. The van der Waals surface area contributed by atoms with Crippen molar-refractivity contribution in [3.05, 3.63) is 41.4 Å². The molecule has 0 aliphatic carbocycles. The second-order valence-electron chi connectivity index (χ2n) is 7.25. The molecular formula is C19H25N3O3S2. The fourth-order valence-electron chi connectivity index (χ4n) is 3.45. The van der Waals surface area contributed by atoms with Gasteiger partial charge in [-0.05, 0) is 6.42 Å². The average molecular weight is 408 g/mol. The molecule has 1 aromatic heterocycles. The minimum atomic E-state index is -3.35. The van der Waals surface area contributed by atoms with Crippen LogP contribution in [0.1, 0.15) is 26.0 Å². The predicted octanol–water partition coefficient (Wildman–Crippen LogP) is 2.53. The number of hydrogen-bond donors (Lipinski definition) is 1. The summed E-state index contributed by atoms with van der Waals surface area (Å²) in [5, 5.41) is 2.92. The van der Waals surface area contributed by atoms with Crippen molar-refractivity contribution in [1.82, 2.24) is 14.6 Å². The maximum atomic E-state index is 12.6. The molecule has 27 heavy (non-hydrogen) atoms. The van der Waals surface area contributed by atoms with Crippen LogP contribution in [0.5, 0.6) is 0 Å². The molecule has 0 radical (unpaired) electrons. The largest absolute Gasteiger partial charge is 0.337 e. The number of rotatable bonds is 6. The van der Waals surface area contributed by atoms with Gasteiger partial charge in [0.25, 0.3) is 0 Å². The van der Waals surface area contributed by atoms with Gasteiger partial charge in [-0.3, -0.25) is 4.79 Å². The van der Waals surface area contributed by atoms with Gasteiger partial charge in [0.2, 0.25) is 15.9 Å². The van der Waals surface area contributed by atoms with E-state index in [2.05, 4.69) is 4.72 Å². The fraction of sp³-hybridized carbons (Fsp3) is 0.474. The van der Waals surface area contributed by atoms with Crippen molar-refractivity contribution >= 4 is 27.3 Å². The Labute approximate surface area is 164 Å². The topological polar surface area (TPSA) is 79.4 Å². The van der Waals surface area contributed by atoms with Crippen LogP contribution in [0.3, 0.4) is 0 Å². The zero-order chi connectivity index (χ0) is 19.6. The zero-order valence-electron chi connectivity index (χ0n) is 15.8. The van der Waals surface area contributed by atoms with E-state index in [1.54, 1.807) is 11.3 Å². The molecule has 0 unspecified atom stereocenters. The molecule has 0 spiro atoms. The van der Waals surface area contributed by atoms with Crippen molar-refractivity contribution < 1.29 is 13.2 Å². The van der Waals surface area contributed by atoms with Crippen LogP contribution in [0.4, 0.5) is 0 Å². The van der Waals surface area contributed by atoms with E-state index in [9.17, 15) is 13.2 Å². The van der Waals surface area contributed by atoms with Crippen LogP contribution in [0.25, 0.3) is 10.6 Å². The summed E-state index contributed by atoms with van der Waals surface area (Å²) < 4.78 is 26.2. The van der Waals surface area contributed by atoms with Gasteiger partial charge in [-0.1, -0.05) is 44.2 Å². The van der Waals surface area contributed by atoms with Crippen LogP contribution in [-0.2, 0) is 21.2 Å². The van der Waals surface area contributed by atoms with Gasteiger partial charge in [-0.15, -0.1) is 11.3 Å². The fourth-order valence-corrected chi connectivity index (χ4v) is 5.12. The lowest BCUT2D eigenvalue weighted by Gasteiger charge is -2.29. The Hall–Kier alpha value is -1.77. The first-order valence-electron chi connectivity index (χ1n) is 9.02. The molecule has 1 aliphatic heterocycles. The van der Waals surface area contributed by atoms with Crippen molar-refractivity contribution in [2.24, 2.45) is 5.92 Å². The van der Waals surface area contributed by atoms with Crippen LogP contribution in [-0.4, -0.2) is 49.1 Å². The first-order chi connectivity index (χ1) is 12.7. The second kappa shape index (κ2) is 8.08. The lowest BCUT2D eigenvalue weighted by molar-refractivity contribution is -0.135. The summed E-state index contributed by atoms with van der Waals surface area (Å²) in [5.74, 6) is -0.0730. The Bertz CT molecular complexity index is 894. The normalized spacial score (nSPS) is 20.4. The molecule has 1 aliphatic rings. The number of benzene rings is 1. The summed E-state index contributed by atoms with van der Waals surface area (Å²) in [6, 6.07) is 9.44. The number of amides is 1. The second-order valence-corrected chi connectivity index (χ2v) is 9.89. The van der Waals surface area contributed by atoms with E-state index < -0.39 is 10.0 Å². The molecule has 1 saturated heterocycles. The summed E-state index contributed by atoms with van der Waals surface area (Å²) in [5.41, 5.74) is 1.94. The Morgan fingerprint density at radius 3 is 2.67 bits per heavy atom. The van der Waals surface area contributed by atoms with Crippen LogP contribution in [0.15, 0.2) is 35.7 Å². The third-order valence-corrected chi connectivity index (χ3v) is 6.35. The van der Waals surface area contributed by atoms with Gasteiger partial charge in [0.1, 0.15) is 5.01 Å². The standard InChI is InChI=1S/C19H25N3O3S2/c1-13(2)19(23)22-10-9-16(21-27(3,24)25)17(22)11-15-12-26-18(20-15)14-7-5-4-6-8-14/h4-8,12-13,16-17,21H,9-11H2,1-3H3/t16-,17-/m1/s1. The quantitative estimate of drug-likeness (QED) is 0.798. The molecule has 1 fully saturated rings. The van der Waals surface area contributed by atoms with Gasteiger partial charge < -0.3 is 4.90 Å². The van der Waals surface area contributed by atoms with E-state index in [-0.39, 0.29) is 23.9 Å². The Kier molecular flexibility index (Phi) is 5.98. The van der Waals surface area contributed by atoms with Crippen LogP contribution in [0, 0.1) is 5.92 Å². The van der Waals surface area contributed by atoms with Crippen LogP contribution < -0.4 is 4.72 Å². The molecular weight excluding hydrogens is 382 g/mol. The predicted molar refractivity (Wildman–Crippen MR) is 108 cm³/mol. The summed E-state index contributed by atoms with van der Waals surface area (Å²) in [6.45, 7) is 4.30. The van der Waals surface area contributed by atoms with Crippen molar-refractivity contribution in [2.75, 3.05) is 12.8 Å². The van der Waals surface area contributed by atoms with Gasteiger partial charge in [0.05, 0.1) is 18.0 Å². The lowest BCUT2D eigenvalue weighted by Crippen LogP contribution is -2.48. The SMILES string of the molecule is CC(C)C(=O)N1CC[C@@H](NS(C)(=O)=O)[C@H]1Cc1csc(-c2ccccc2)n1. The molecule has 3 rings (SSSR count). The maximum absolute atomic E-state index is 12.6. The van der Waals surface area contributed by atoms with E-state index in [1.807, 2.05) is 54.5 Å². The monoisotopic (exact) mass is 407 g/mol. The Morgan fingerprint density at radius 1 is 1.33 bits per heavy atom. The molecule has 0 saturated carbocycles. The number of nitrogens with one attached hydrogen (secondary N) is 1. The number of carbonyl (C=O) groups is 1. The molecule has 8 heteroatoms. The number of nitrogens with zero attached hydrogens (tertiary/aromatic N) is 2. The molecule has 146 valence electrons. The number of thiazole rings is 1. The van der Waals surface area contributed by atoms with Crippen molar-refractivity contribution in [2.45, 2.75) is 38.8 Å². The highest BCUT2D eigenvalue weighted by molar-refractivity contribution is 7.88. The van der Waals surface area contributed by atoms with Gasteiger partial charge >= 0.3 is 0 Å². The molecule has 1 N–H and O–H groups in total. The molecule has 1 aromatic carbocycles. The van der Waals surface area contributed by atoms with Crippen molar-refractivity contribution in [1.29, 1.82) is 0 Å². The number of sulfonamides is 1.